The molecule has 12 heavy (non-hydrogen) atoms. The normalized spacial score (nSPS) is 9.17. The molecule has 0 aromatic heterocycles. The Balaban J connectivity index is 2.63. The van der Waals surface area contributed by atoms with Crippen LogP contribution in [0.15, 0.2) is 24.3 Å². The first-order chi connectivity index (χ1) is 5.70. The monoisotopic (exact) mass is 185 g/mol. The van der Waals surface area contributed by atoms with Gasteiger partial charge in [0.2, 0.25) is 5.91 Å². The van der Waals surface area contributed by atoms with E-state index in [9.17, 15) is 4.79 Å². The van der Waals surface area contributed by atoms with E-state index in [1.807, 2.05) is 0 Å². The molecule has 0 saturated carbocycles. The number of nitrogens with one attached hydrogen (secondary N) is 1. The summed E-state index contributed by atoms with van der Waals surface area (Å²) in [6.07, 6.45) is 0. The fourth-order valence-corrected chi connectivity index (χ4v) is 0.829. The minimum Gasteiger partial charge on any atom is -0.378 e. The lowest BCUT2D eigenvalue weighted by Gasteiger charge is -2.05. The van der Waals surface area contributed by atoms with Crippen molar-refractivity contribution in [3.63, 3.8) is 0 Å². The van der Waals surface area contributed by atoms with Gasteiger partial charge in [-0.2, -0.15) is 5.48 Å². The molecule has 64 valence electrons. The molecule has 0 spiro atoms. The zero-order valence-corrected chi connectivity index (χ0v) is 7.26. The fourth-order valence-electron chi connectivity index (χ4n) is 0.654. The molecule has 0 atom stereocenters. The van der Waals surface area contributed by atoms with Crippen molar-refractivity contribution < 1.29 is 9.63 Å². The van der Waals surface area contributed by atoms with Crippen LogP contribution in [0.25, 0.3) is 0 Å². The molecular formula is C8H8ClNO2. The average molecular weight is 186 g/mol. The molecular weight excluding hydrogens is 178 g/mol. The number of carbonyl (C=O) groups is 1. The predicted molar refractivity (Wildman–Crippen MR) is 45.9 cm³/mol. The van der Waals surface area contributed by atoms with Crippen LogP contribution in [-0.2, 0) is 4.79 Å². The summed E-state index contributed by atoms with van der Waals surface area (Å²) >= 11 is 5.73. The molecule has 1 N–H and O–H groups in total. The van der Waals surface area contributed by atoms with Crippen LogP contribution in [0.1, 0.15) is 6.92 Å². The summed E-state index contributed by atoms with van der Waals surface area (Å²) in [6, 6.07) is 6.89. The summed E-state index contributed by atoms with van der Waals surface area (Å²) in [5.41, 5.74) is 2.18. The standard InChI is InChI=1S/C8H8ClNO2/c1-6(11)10-12-8-5-3-2-4-7(8)9/h2-5H,1H3,(H,10,11). The minimum absolute atomic E-state index is 0.269. The third kappa shape index (κ3) is 2.43. The average Bonchev–Trinajstić information content (AvgIpc) is 2.03. The summed E-state index contributed by atoms with van der Waals surface area (Å²) in [5, 5.41) is 0.464. The molecule has 0 aliphatic carbocycles. The van der Waals surface area contributed by atoms with Crippen molar-refractivity contribution in [2.75, 3.05) is 0 Å². The molecule has 3 nitrogen and oxygen atoms in total. The smallest absolute Gasteiger partial charge is 0.249 e. The highest BCUT2D eigenvalue weighted by Crippen LogP contribution is 2.21. The Kier molecular flexibility index (Phi) is 2.94. The van der Waals surface area contributed by atoms with Crippen LogP contribution >= 0.6 is 11.6 Å². The van der Waals surface area contributed by atoms with Gasteiger partial charge in [0.05, 0.1) is 5.02 Å². The Morgan fingerprint density at radius 1 is 1.50 bits per heavy atom. The zero-order valence-electron chi connectivity index (χ0n) is 6.50. The molecule has 0 bridgehead atoms. The van der Waals surface area contributed by atoms with Crippen molar-refractivity contribution in [3.05, 3.63) is 29.3 Å². The predicted octanol–water partition coefficient (Wildman–Crippen LogP) is 1.77. The van der Waals surface area contributed by atoms with Crippen LogP contribution in [0.2, 0.25) is 5.02 Å². The Bertz CT molecular complexity index is 288. The summed E-state index contributed by atoms with van der Waals surface area (Å²) in [7, 11) is 0. The van der Waals surface area contributed by atoms with E-state index in [0.717, 1.165) is 0 Å². The summed E-state index contributed by atoms with van der Waals surface area (Å²) in [5.74, 6) is 0.171. The van der Waals surface area contributed by atoms with E-state index in [1.165, 1.54) is 6.92 Å². The highest BCUT2D eigenvalue weighted by molar-refractivity contribution is 6.32. The molecule has 0 radical (unpaired) electrons. The van der Waals surface area contributed by atoms with Crippen molar-refractivity contribution in [2.24, 2.45) is 0 Å². The lowest BCUT2D eigenvalue weighted by atomic mass is 10.3. The van der Waals surface area contributed by atoms with Crippen molar-refractivity contribution in [1.29, 1.82) is 0 Å². The topological polar surface area (TPSA) is 38.3 Å². The Morgan fingerprint density at radius 2 is 2.17 bits per heavy atom. The quantitative estimate of drug-likeness (QED) is 0.714. The van der Waals surface area contributed by atoms with Crippen molar-refractivity contribution in [2.45, 2.75) is 6.92 Å². The highest BCUT2D eigenvalue weighted by atomic mass is 35.5. The van der Waals surface area contributed by atoms with Gasteiger partial charge in [-0.25, -0.2) is 0 Å². The van der Waals surface area contributed by atoms with Crippen molar-refractivity contribution >= 4 is 17.5 Å². The fraction of sp³-hybridized carbons (Fsp3) is 0.125. The zero-order chi connectivity index (χ0) is 8.97. The summed E-state index contributed by atoms with van der Waals surface area (Å²) in [4.78, 5) is 15.3. The Morgan fingerprint density at radius 3 is 2.75 bits per heavy atom. The molecule has 0 aliphatic rings. The van der Waals surface area contributed by atoms with Crippen LogP contribution in [-0.4, -0.2) is 5.91 Å². The van der Waals surface area contributed by atoms with E-state index >= 15 is 0 Å². The van der Waals surface area contributed by atoms with Gasteiger partial charge in [-0.1, -0.05) is 23.7 Å². The number of carbonyl (C=O) groups excluding carboxylic acids is 1. The number of para-hydroxylation sites is 1. The van der Waals surface area contributed by atoms with Crippen molar-refractivity contribution in [3.8, 4) is 5.75 Å². The Hall–Kier alpha value is -1.22. The van der Waals surface area contributed by atoms with Gasteiger partial charge in [0, 0.05) is 6.92 Å². The summed E-state index contributed by atoms with van der Waals surface area (Å²) in [6.45, 7) is 1.36. The first-order valence-corrected chi connectivity index (χ1v) is 3.76. The van der Waals surface area contributed by atoms with E-state index in [4.69, 9.17) is 16.4 Å². The second kappa shape index (κ2) is 3.97. The van der Waals surface area contributed by atoms with Gasteiger partial charge in [-0.3, -0.25) is 4.79 Å². The van der Waals surface area contributed by atoms with Crippen LogP contribution in [0.5, 0.6) is 5.75 Å². The molecule has 0 aliphatic heterocycles. The third-order valence-electron chi connectivity index (χ3n) is 1.14. The molecule has 1 rings (SSSR count). The first-order valence-electron chi connectivity index (χ1n) is 3.38. The van der Waals surface area contributed by atoms with Crippen LogP contribution in [0, 0.1) is 0 Å². The third-order valence-corrected chi connectivity index (χ3v) is 1.45. The van der Waals surface area contributed by atoms with Gasteiger partial charge in [0.15, 0.2) is 5.75 Å². The maximum atomic E-state index is 10.4. The van der Waals surface area contributed by atoms with Gasteiger partial charge in [-0.05, 0) is 12.1 Å². The van der Waals surface area contributed by atoms with Gasteiger partial charge in [-0.15, -0.1) is 0 Å². The van der Waals surface area contributed by atoms with Gasteiger partial charge < -0.3 is 4.84 Å². The number of halogens is 1. The molecule has 0 unspecified atom stereocenters. The van der Waals surface area contributed by atoms with Crippen molar-refractivity contribution in [1.82, 2.24) is 5.48 Å². The molecule has 1 aromatic carbocycles. The highest BCUT2D eigenvalue weighted by Gasteiger charge is 1.99. The second-order valence-electron chi connectivity index (χ2n) is 2.19. The molecule has 0 fully saturated rings. The number of benzene rings is 1. The van der Waals surface area contributed by atoms with E-state index < -0.39 is 0 Å². The van der Waals surface area contributed by atoms with E-state index in [2.05, 4.69) is 5.48 Å². The Labute approximate surface area is 75.2 Å². The van der Waals surface area contributed by atoms with Crippen LogP contribution < -0.4 is 10.3 Å². The lowest BCUT2D eigenvalue weighted by molar-refractivity contribution is -0.125. The number of hydrogen-bond donors (Lipinski definition) is 1. The lowest BCUT2D eigenvalue weighted by Crippen LogP contribution is -2.23. The maximum Gasteiger partial charge on any atom is 0.249 e. The SMILES string of the molecule is CC(=O)NOc1ccccc1Cl. The molecule has 1 aromatic rings. The minimum atomic E-state index is -0.269. The largest absolute Gasteiger partial charge is 0.378 e. The maximum absolute atomic E-state index is 10.4. The van der Waals surface area contributed by atoms with Gasteiger partial charge in [0.1, 0.15) is 0 Å². The number of hydroxylamine groups is 1. The number of rotatable bonds is 2. The second-order valence-corrected chi connectivity index (χ2v) is 2.60. The van der Waals surface area contributed by atoms with E-state index in [1.54, 1.807) is 24.3 Å². The van der Waals surface area contributed by atoms with E-state index in [0.29, 0.717) is 10.8 Å². The van der Waals surface area contributed by atoms with Gasteiger partial charge >= 0.3 is 0 Å². The molecule has 0 saturated heterocycles. The molecule has 1 amide bonds. The van der Waals surface area contributed by atoms with Gasteiger partial charge in [0.25, 0.3) is 0 Å². The number of amides is 1. The summed E-state index contributed by atoms with van der Waals surface area (Å²) < 4.78 is 0. The first kappa shape index (κ1) is 8.87. The van der Waals surface area contributed by atoms with Crippen LogP contribution in [0.4, 0.5) is 0 Å². The molecule has 4 heteroatoms. The molecule has 0 heterocycles. The van der Waals surface area contributed by atoms with E-state index in [-0.39, 0.29) is 5.91 Å². The number of hydrogen-bond acceptors (Lipinski definition) is 2. The van der Waals surface area contributed by atoms with Crippen LogP contribution in [0.3, 0.4) is 0 Å².